The fraction of sp³-hybridized carbons (Fsp3) is 0. The number of oxazole rings is 1. The minimum atomic E-state index is 0.519. The molecular formula is C10H8N2O3. The summed E-state index contributed by atoms with van der Waals surface area (Å²) in [4.78, 5) is 3.90. The predicted octanol–water partition coefficient (Wildman–Crippen LogP) is 2.61. The summed E-state index contributed by atoms with van der Waals surface area (Å²) in [5, 5.41) is 3.35. The lowest BCUT2D eigenvalue weighted by atomic mass is 10.4. The molecule has 0 unspecified atom stereocenters. The van der Waals surface area contributed by atoms with Gasteiger partial charge in [0.25, 0.3) is 5.89 Å². The van der Waals surface area contributed by atoms with Gasteiger partial charge in [-0.15, -0.1) is 0 Å². The third kappa shape index (κ3) is 2.57. The fourth-order valence-electron chi connectivity index (χ4n) is 0.921. The first kappa shape index (κ1) is 9.26. The molecule has 0 spiro atoms. The van der Waals surface area contributed by atoms with Gasteiger partial charge in [-0.25, -0.2) is 4.98 Å². The molecule has 3 aromatic rings. The van der Waals surface area contributed by atoms with Gasteiger partial charge in [-0.2, -0.15) is 0 Å². The van der Waals surface area contributed by atoms with E-state index in [0.29, 0.717) is 11.7 Å². The highest BCUT2D eigenvalue weighted by atomic mass is 16.5. The van der Waals surface area contributed by atoms with Crippen molar-refractivity contribution in [3.8, 4) is 11.7 Å². The molecule has 0 aliphatic rings. The van der Waals surface area contributed by atoms with Crippen LogP contribution in [0.3, 0.4) is 0 Å². The van der Waals surface area contributed by atoms with Crippen molar-refractivity contribution in [1.29, 1.82) is 0 Å². The molecule has 76 valence electrons. The number of hydrogen-bond donors (Lipinski definition) is 0. The molecule has 3 rings (SSSR count). The predicted molar refractivity (Wildman–Crippen MR) is 50.7 cm³/mol. The number of nitrogens with zero attached hydrogens (tertiary/aromatic N) is 2. The van der Waals surface area contributed by atoms with Crippen molar-refractivity contribution in [3.05, 3.63) is 49.4 Å². The lowest BCUT2D eigenvalue weighted by Crippen LogP contribution is -1.68. The fourth-order valence-corrected chi connectivity index (χ4v) is 0.921. The summed E-state index contributed by atoms with van der Waals surface area (Å²) in [6.07, 6.45) is 7.77. The molecule has 0 aliphatic heterocycles. The molecule has 0 atom stereocenters. The SMILES string of the molecule is c1cnoc1.c1coc(-c2ncco2)c1. The third-order valence-corrected chi connectivity index (χ3v) is 1.51. The Morgan fingerprint density at radius 1 is 0.933 bits per heavy atom. The van der Waals surface area contributed by atoms with Crippen LogP contribution in [0.5, 0.6) is 0 Å². The molecule has 0 amide bonds. The molecule has 0 saturated heterocycles. The van der Waals surface area contributed by atoms with E-state index in [2.05, 4.69) is 14.7 Å². The van der Waals surface area contributed by atoms with E-state index >= 15 is 0 Å². The zero-order valence-electron chi connectivity index (χ0n) is 7.74. The molecular weight excluding hydrogens is 196 g/mol. The van der Waals surface area contributed by atoms with Crippen LogP contribution in [0.25, 0.3) is 11.7 Å². The Labute approximate surface area is 85.3 Å². The maximum absolute atomic E-state index is 5.02. The second-order valence-corrected chi connectivity index (χ2v) is 2.50. The Bertz CT molecular complexity index is 393. The number of rotatable bonds is 1. The van der Waals surface area contributed by atoms with Crippen LogP contribution in [0.2, 0.25) is 0 Å². The minimum absolute atomic E-state index is 0.519. The molecule has 3 aromatic heterocycles. The lowest BCUT2D eigenvalue weighted by molar-refractivity contribution is 0.420. The number of aromatic nitrogens is 2. The van der Waals surface area contributed by atoms with E-state index < -0.39 is 0 Å². The van der Waals surface area contributed by atoms with E-state index in [-0.39, 0.29) is 0 Å². The maximum atomic E-state index is 5.02. The van der Waals surface area contributed by atoms with Gasteiger partial charge in [-0.1, -0.05) is 5.16 Å². The van der Waals surface area contributed by atoms with Crippen LogP contribution in [0.15, 0.2) is 62.7 Å². The van der Waals surface area contributed by atoms with E-state index in [9.17, 15) is 0 Å². The van der Waals surface area contributed by atoms with Crippen molar-refractivity contribution >= 4 is 0 Å². The van der Waals surface area contributed by atoms with E-state index in [4.69, 9.17) is 8.83 Å². The van der Waals surface area contributed by atoms with Crippen LogP contribution < -0.4 is 0 Å². The molecule has 0 aliphatic carbocycles. The monoisotopic (exact) mass is 204 g/mol. The standard InChI is InChI=1S/C7H5NO2.C3H3NO/c1-2-6(9-4-1)7-8-3-5-10-7;1-2-4-5-3-1/h1-5H;1-3H. The van der Waals surface area contributed by atoms with Crippen LogP contribution in [0.4, 0.5) is 0 Å². The smallest absolute Gasteiger partial charge is 0.262 e. The maximum Gasteiger partial charge on any atom is 0.262 e. The van der Waals surface area contributed by atoms with Crippen molar-refractivity contribution in [2.24, 2.45) is 0 Å². The van der Waals surface area contributed by atoms with Crippen molar-refractivity contribution < 1.29 is 13.4 Å². The lowest BCUT2D eigenvalue weighted by Gasteiger charge is -1.83. The van der Waals surface area contributed by atoms with Gasteiger partial charge in [-0.3, -0.25) is 0 Å². The van der Waals surface area contributed by atoms with Gasteiger partial charge in [0.2, 0.25) is 0 Å². The Morgan fingerprint density at radius 2 is 1.93 bits per heavy atom. The average molecular weight is 204 g/mol. The normalized spacial score (nSPS) is 9.33. The van der Waals surface area contributed by atoms with Gasteiger partial charge in [0.05, 0.1) is 18.7 Å². The zero-order chi connectivity index (χ0) is 10.3. The third-order valence-electron chi connectivity index (χ3n) is 1.51. The first-order valence-electron chi connectivity index (χ1n) is 4.24. The highest BCUT2D eigenvalue weighted by Gasteiger charge is 2.02. The molecule has 5 nitrogen and oxygen atoms in total. The van der Waals surface area contributed by atoms with Gasteiger partial charge in [0.1, 0.15) is 12.5 Å². The van der Waals surface area contributed by atoms with E-state index in [1.165, 1.54) is 12.5 Å². The van der Waals surface area contributed by atoms with E-state index in [0.717, 1.165) is 0 Å². The molecule has 0 aromatic carbocycles. The quantitative estimate of drug-likeness (QED) is 0.609. The molecule has 3 heterocycles. The second kappa shape index (κ2) is 4.80. The molecule has 0 radical (unpaired) electrons. The molecule has 0 bridgehead atoms. The van der Waals surface area contributed by atoms with E-state index in [1.54, 1.807) is 36.9 Å². The zero-order valence-corrected chi connectivity index (χ0v) is 7.74. The van der Waals surface area contributed by atoms with Crippen LogP contribution in [-0.4, -0.2) is 10.1 Å². The van der Waals surface area contributed by atoms with Gasteiger partial charge in [0, 0.05) is 0 Å². The molecule has 0 N–H and O–H groups in total. The summed E-state index contributed by atoms with van der Waals surface area (Å²) in [6.45, 7) is 0. The summed E-state index contributed by atoms with van der Waals surface area (Å²) in [7, 11) is 0. The first-order valence-corrected chi connectivity index (χ1v) is 4.24. The largest absolute Gasteiger partial charge is 0.459 e. The molecule has 0 fully saturated rings. The topological polar surface area (TPSA) is 65.2 Å². The molecule has 5 heteroatoms. The van der Waals surface area contributed by atoms with Crippen molar-refractivity contribution in [3.63, 3.8) is 0 Å². The van der Waals surface area contributed by atoms with Crippen LogP contribution in [0.1, 0.15) is 0 Å². The van der Waals surface area contributed by atoms with Crippen LogP contribution >= 0.6 is 0 Å². The highest BCUT2D eigenvalue weighted by Crippen LogP contribution is 2.15. The minimum Gasteiger partial charge on any atom is -0.459 e. The average Bonchev–Trinajstić information content (AvgIpc) is 3.06. The van der Waals surface area contributed by atoms with Crippen molar-refractivity contribution in [2.45, 2.75) is 0 Å². The van der Waals surface area contributed by atoms with Gasteiger partial charge < -0.3 is 13.4 Å². The Kier molecular flexibility index (Phi) is 2.97. The number of furan rings is 1. The highest BCUT2D eigenvalue weighted by molar-refractivity contribution is 5.42. The van der Waals surface area contributed by atoms with Crippen molar-refractivity contribution in [2.75, 3.05) is 0 Å². The Hall–Kier alpha value is -2.30. The summed E-state index contributed by atoms with van der Waals surface area (Å²) in [5.74, 6) is 1.18. The van der Waals surface area contributed by atoms with Gasteiger partial charge >= 0.3 is 0 Å². The number of hydrogen-bond acceptors (Lipinski definition) is 5. The van der Waals surface area contributed by atoms with Crippen LogP contribution in [-0.2, 0) is 0 Å². The van der Waals surface area contributed by atoms with Gasteiger partial charge in [-0.05, 0) is 18.2 Å². The summed E-state index contributed by atoms with van der Waals surface area (Å²) >= 11 is 0. The molecule has 15 heavy (non-hydrogen) atoms. The van der Waals surface area contributed by atoms with Crippen molar-refractivity contribution in [1.82, 2.24) is 10.1 Å². The Morgan fingerprint density at radius 3 is 2.40 bits per heavy atom. The van der Waals surface area contributed by atoms with Gasteiger partial charge in [0.15, 0.2) is 5.76 Å². The van der Waals surface area contributed by atoms with Crippen LogP contribution in [0, 0.1) is 0 Å². The first-order chi connectivity index (χ1) is 7.47. The molecule has 0 saturated carbocycles. The summed E-state index contributed by atoms with van der Waals surface area (Å²) in [6, 6.07) is 5.31. The Balaban J connectivity index is 0.000000144. The van der Waals surface area contributed by atoms with E-state index in [1.807, 2.05) is 0 Å². The summed E-state index contributed by atoms with van der Waals surface area (Å²) in [5.41, 5.74) is 0. The summed E-state index contributed by atoms with van der Waals surface area (Å²) < 4.78 is 14.3. The second-order valence-electron chi connectivity index (χ2n) is 2.50.